The molecule has 3 aromatic carbocycles. The summed E-state index contributed by atoms with van der Waals surface area (Å²) in [4.78, 5) is 49.8. The summed E-state index contributed by atoms with van der Waals surface area (Å²) in [5.74, 6) is -3.27. The highest BCUT2D eigenvalue weighted by molar-refractivity contribution is 7.90. The van der Waals surface area contributed by atoms with Crippen LogP contribution in [0.25, 0.3) is 15.9 Å². The van der Waals surface area contributed by atoms with Gasteiger partial charge in [-0.3, -0.25) is 9.59 Å². The van der Waals surface area contributed by atoms with Gasteiger partial charge in [-0.05, 0) is 69.7 Å². The van der Waals surface area contributed by atoms with Crippen LogP contribution in [0.2, 0.25) is 0 Å². The van der Waals surface area contributed by atoms with Crippen LogP contribution in [0.3, 0.4) is 0 Å². The molecule has 13 nitrogen and oxygen atoms in total. The quantitative estimate of drug-likeness (QED) is 0.154. The Morgan fingerprint density at radius 1 is 1.00 bits per heavy atom. The van der Waals surface area contributed by atoms with Crippen molar-refractivity contribution < 1.29 is 37.1 Å². The molecule has 1 aromatic heterocycles. The molecule has 1 fully saturated rings. The minimum atomic E-state index is -4.09. The first-order valence-corrected chi connectivity index (χ1v) is 19.4. The summed E-state index contributed by atoms with van der Waals surface area (Å²) in [6.07, 6.45) is -0.669. The van der Waals surface area contributed by atoms with Gasteiger partial charge >= 0.3 is 6.09 Å². The topological polar surface area (TPSA) is 172 Å². The SMILES string of the molecule is [C-]#[N+]c1ccccc1CS(=O)(=O)C[C@H](NC(=O)C1CCN(C(=O)OC(C)(C)C)CC1)C(=O)N[C@@H](CCc1ccccc1)C(O)c1nc2ccccc2o1. The highest BCUT2D eigenvalue weighted by Gasteiger charge is 2.36. The first-order valence-electron chi connectivity index (χ1n) is 17.5. The maximum atomic E-state index is 14.1. The number of carbonyl (C=O) groups excluding carboxylic acids is 3. The molecule has 0 radical (unpaired) electrons. The fourth-order valence-electron chi connectivity index (χ4n) is 6.16. The van der Waals surface area contributed by atoms with E-state index in [0.717, 1.165) is 5.56 Å². The van der Waals surface area contributed by atoms with E-state index in [9.17, 15) is 27.9 Å². The second-order valence-corrected chi connectivity index (χ2v) is 16.3. The van der Waals surface area contributed by atoms with Gasteiger partial charge in [-0.25, -0.2) is 23.0 Å². The number of aliphatic hydroxyl groups is 1. The molecular weight excluding hydrogens is 699 g/mol. The Balaban J connectivity index is 1.37. The van der Waals surface area contributed by atoms with Gasteiger partial charge in [-0.1, -0.05) is 66.7 Å². The zero-order chi connectivity index (χ0) is 38.2. The lowest BCUT2D eigenvalue weighted by molar-refractivity contribution is -0.132. The van der Waals surface area contributed by atoms with Crippen molar-refractivity contribution in [2.24, 2.45) is 5.92 Å². The van der Waals surface area contributed by atoms with Crippen molar-refractivity contribution in [3.63, 3.8) is 0 Å². The van der Waals surface area contributed by atoms with Crippen LogP contribution in [-0.2, 0) is 36.3 Å². The number of sulfone groups is 1. The van der Waals surface area contributed by atoms with Crippen LogP contribution in [-0.4, -0.2) is 77.8 Å². The molecule has 0 bridgehead atoms. The van der Waals surface area contributed by atoms with Crippen molar-refractivity contribution in [3.8, 4) is 0 Å². The van der Waals surface area contributed by atoms with Gasteiger partial charge in [-0.2, -0.15) is 0 Å². The van der Waals surface area contributed by atoms with Gasteiger partial charge in [0.1, 0.15) is 17.2 Å². The summed E-state index contributed by atoms with van der Waals surface area (Å²) < 4.78 is 38.6. The highest BCUT2D eigenvalue weighted by Crippen LogP contribution is 2.26. The van der Waals surface area contributed by atoms with Crippen LogP contribution in [0.5, 0.6) is 0 Å². The van der Waals surface area contributed by atoms with Gasteiger partial charge in [0.2, 0.25) is 17.7 Å². The molecule has 280 valence electrons. The predicted molar refractivity (Wildman–Crippen MR) is 198 cm³/mol. The molecule has 53 heavy (non-hydrogen) atoms. The van der Waals surface area contributed by atoms with E-state index >= 15 is 0 Å². The minimum Gasteiger partial charge on any atom is -0.444 e. The number of nitrogens with one attached hydrogen (secondary N) is 2. The molecule has 1 unspecified atom stereocenters. The molecule has 4 aromatic rings. The lowest BCUT2D eigenvalue weighted by Crippen LogP contribution is -2.55. The van der Waals surface area contributed by atoms with Gasteiger partial charge in [0.15, 0.2) is 27.2 Å². The van der Waals surface area contributed by atoms with Crippen molar-refractivity contribution in [1.82, 2.24) is 20.5 Å². The zero-order valence-electron chi connectivity index (χ0n) is 30.0. The summed E-state index contributed by atoms with van der Waals surface area (Å²) >= 11 is 0. The number of para-hydroxylation sites is 3. The largest absolute Gasteiger partial charge is 0.444 e. The number of benzene rings is 3. The number of aliphatic hydroxyl groups excluding tert-OH is 1. The lowest BCUT2D eigenvalue weighted by Gasteiger charge is -2.33. The fraction of sp³-hybridized carbons (Fsp3) is 0.410. The van der Waals surface area contributed by atoms with Crippen LogP contribution < -0.4 is 10.6 Å². The molecule has 5 rings (SSSR count). The number of likely N-dealkylation sites (tertiary alicyclic amines) is 1. The Bertz CT molecular complexity index is 2010. The van der Waals surface area contributed by atoms with Crippen LogP contribution in [0.1, 0.15) is 63.2 Å². The monoisotopic (exact) mass is 743 g/mol. The van der Waals surface area contributed by atoms with Crippen molar-refractivity contribution in [2.45, 2.75) is 76.0 Å². The average Bonchev–Trinajstić information content (AvgIpc) is 3.57. The summed E-state index contributed by atoms with van der Waals surface area (Å²) in [6, 6.07) is 20.2. The van der Waals surface area contributed by atoms with Gasteiger partial charge in [0.05, 0.1) is 24.1 Å². The number of aromatic nitrogens is 1. The summed E-state index contributed by atoms with van der Waals surface area (Å²) in [5.41, 5.74) is 1.67. The molecule has 1 aliphatic rings. The van der Waals surface area contributed by atoms with Crippen LogP contribution >= 0.6 is 0 Å². The minimum absolute atomic E-state index is 0.0229. The van der Waals surface area contributed by atoms with Crippen molar-refractivity contribution in [3.05, 3.63) is 107 Å². The number of aryl methyl sites for hydroxylation is 1. The number of hydrogen-bond donors (Lipinski definition) is 3. The van der Waals surface area contributed by atoms with E-state index < -0.39 is 69.0 Å². The molecule has 3 N–H and O–H groups in total. The summed E-state index contributed by atoms with van der Waals surface area (Å²) in [5, 5.41) is 17.0. The predicted octanol–water partition coefficient (Wildman–Crippen LogP) is 5.28. The van der Waals surface area contributed by atoms with E-state index in [1.165, 1.54) is 17.0 Å². The van der Waals surface area contributed by atoms with E-state index in [1.54, 1.807) is 57.2 Å². The molecule has 1 aliphatic heterocycles. The number of piperidine rings is 1. The van der Waals surface area contributed by atoms with Crippen LogP contribution in [0.4, 0.5) is 10.5 Å². The second kappa shape index (κ2) is 17.0. The van der Waals surface area contributed by atoms with E-state index in [1.807, 2.05) is 30.3 Å². The second-order valence-electron chi connectivity index (χ2n) is 14.2. The average molecular weight is 744 g/mol. The standard InChI is InChI=1S/C39H45N5O8S/c1-39(2,3)52-38(48)44-22-20-27(21-23-44)35(46)42-32(25-53(49,50)24-28-14-8-9-15-29(28)40-4)36(47)41-31(19-18-26-12-6-5-7-13-26)34(45)37-43-30-16-10-11-17-33(30)51-37/h5-17,27,31-32,34,45H,18-25H2,1-3H3,(H,41,47)(H,42,46)/t31-,32-,34?/m0/s1. The van der Waals surface area contributed by atoms with Gasteiger partial charge in [0, 0.05) is 19.0 Å². The number of ether oxygens (including phenoxy) is 1. The molecule has 0 aliphatic carbocycles. The molecule has 0 saturated carbocycles. The molecule has 3 amide bonds. The number of fused-ring (bicyclic) bond motifs is 1. The Morgan fingerprint density at radius 2 is 1.66 bits per heavy atom. The summed E-state index contributed by atoms with van der Waals surface area (Å²) in [6.45, 7) is 13.2. The fourth-order valence-corrected chi connectivity index (χ4v) is 7.74. The number of oxazole rings is 1. The first kappa shape index (κ1) is 39.0. The number of amides is 3. The van der Waals surface area contributed by atoms with Gasteiger partial charge < -0.3 is 29.8 Å². The molecule has 3 atom stereocenters. The number of carbonyl (C=O) groups is 3. The first-order chi connectivity index (χ1) is 25.2. The Hall–Kier alpha value is -5.26. The normalized spacial score (nSPS) is 15.6. The van der Waals surface area contributed by atoms with E-state index in [-0.39, 0.29) is 49.5 Å². The van der Waals surface area contributed by atoms with E-state index in [0.29, 0.717) is 17.5 Å². The van der Waals surface area contributed by atoms with Crippen molar-refractivity contribution in [2.75, 3.05) is 18.8 Å². The highest BCUT2D eigenvalue weighted by atomic mass is 32.2. The third-order valence-corrected chi connectivity index (χ3v) is 10.5. The molecule has 0 spiro atoms. The Labute approximate surface area is 309 Å². The molecule has 14 heteroatoms. The van der Waals surface area contributed by atoms with Gasteiger partial charge in [0.25, 0.3) is 0 Å². The zero-order valence-corrected chi connectivity index (χ0v) is 30.8. The third kappa shape index (κ3) is 10.9. The maximum absolute atomic E-state index is 14.1. The van der Waals surface area contributed by atoms with E-state index in [4.69, 9.17) is 15.7 Å². The lowest BCUT2D eigenvalue weighted by atomic mass is 9.95. The molecule has 2 heterocycles. The molecule has 1 saturated heterocycles. The Morgan fingerprint density at radius 3 is 2.34 bits per heavy atom. The van der Waals surface area contributed by atoms with Gasteiger partial charge in [-0.15, -0.1) is 0 Å². The number of nitrogens with zero attached hydrogens (tertiary/aromatic N) is 3. The van der Waals surface area contributed by atoms with Crippen molar-refractivity contribution in [1.29, 1.82) is 0 Å². The number of rotatable bonds is 13. The summed E-state index contributed by atoms with van der Waals surface area (Å²) in [7, 11) is -4.09. The third-order valence-electron chi connectivity index (χ3n) is 8.92. The Kier molecular flexibility index (Phi) is 12.5. The maximum Gasteiger partial charge on any atom is 0.410 e. The molecular formula is C39H45N5O8S. The van der Waals surface area contributed by atoms with E-state index in [2.05, 4.69) is 20.5 Å². The van der Waals surface area contributed by atoms with Crippen LogP contribution in [0.15, 0.2) is 83.3 Å². The number of hydrogen-bond acceptors (Lipinski definition) is 9. The van der Waals surface area contributed by atoms with Crippen molar-refractivity contribution >= 4 is 44.5 Å². The smallest absolute Gasteiger partial charge is 0.410 e. The van der Waals surface area contributed by atoms with Crippen LogP contribution in [0, 0.1) is 12.5 Å².